The summed E-state index contributed by atoms with van der Waals surface area (Å²) in [6.07, 6.45) is 1.17. The van der Waals surface area contributed by atoms with E-state index in [0.717, 1.165) is 12.5 Å². The molecule has 0 bridgehead atoms. The van der Waals surface area contributed by atoms with Gasteiger partial charge in [-0.2, -0.15) is 0 Å². The lowest BCUT2D eigenvalue weighted by Crippen LogP contribution is -2.25. The summed E-state index contributed by atoms with van der Waals surface area (Å²) in [5.74, 6) is 1.93. The molecule has 0 aliphatic rings. The average molecular weight is 279 g/mol. The maximum atomic E-state index is 5.99. The Morgan fingerprint density at radius 1 is 1.00 bits per heavy atom. The Hall–Kier alpha value is -0.603. The number of rotatable bonds is 7. The molecule has 0 spiro atoms. The molecule has 0 unspecified atom stereocenters. The van der Waals surface area contributed by atoms with Crippen LogP contribution in [0.1, 0.15) is 70.9 Å². The topological polar surface area (TPSA) is 9.23 Å². The lowest BCUT2D eigenvalue weighted by atomic mass is 9.91. The number of hydrogen-bond donors (Lipinski definition) is 0. The third-order valence-electron chi connectivity index (χ3n) is 3.53. The average Bonchev–Trinajstić information content (AvgIpc) is 2.33. The molecule has 0 radical (unpaired) electrons. The summed E-state index contributed by atoms with van der Waals surface area (Å²) >= 11 is 0. The fraction of sp³-hybridized carbons (Fsp3) is 0.647. The molecule has 0 atom stereocenters. The van der Waals surface area contributed by atoms with Gasteiger partial charge in [-0.25, -0.2) is 0 Å². The van der Waals surface area contributed by atoms with Crippen molar-refractivity contribution < 1.29 is 4.43 Å². The van der Waals surface area contributed by atoms with Crippen LogP contribution < -0.4 is 5.19 Å². The van der Waals surface area contributed by atoms with Crippen LogP contribution >= 0.6 is 0 Å². The second-order valence-corrected chi connectivity index (χ2v) is 7.92. The van der Waals surface area contributed by atoms with Gasteiger partial charge in [-0.05, 0) is 40.5 Å². The largest absolute Gasteiger partial charge is 0.419 e. The van der Waals surface area contributed by atoms with E-state index >= 15 is 0 Å². The van der Waals surface area contributed by atoms with Crippen molar-refractivity contribution in [3.05, 3.63) is 29.3 Å². The van der Waals surface area contributed by atoms with E-state index in [4.69, 9.17) is 4.43 Å². The number of benzene rings is 1. The summed E-state index contributed by atoms with van der Waals surface area (Å²) in [4.78, 5) is 0. The zero-order chi connectivity index (χ0) is 14.4. The van der Waals surface area contributed by atoms with Crippen LogP contribution in [0.5, 0.6) is 0 Å². The third-order valence-corrected chi connectivity index (χ3v) is 4.95. The molecule has 1 aromatic carbocycles. The van der Waals surface area contributed by atoms with Crippen LogP contribution in [0.3, 0.4) is 0 Å². The Balaban J connectivity index is 2.79. The maximum absolute atomic E-state index is 5.99. The van der Waals surface area contributed by atoms with Gasteiger partial charge in [0.1, 0.15) is 0 Å². The van der Waals surface area contributed by atoms with E-state index in [0.29, 0.717) is 11.8 Å². The van der Waals surface area contributed by atoms with Crippen molar-refractivity contribution in [2.75, 3.05) is 6.61 Å². The smallest absolute Gasteiger partial charge is 0.192 e. The minimum atomic E-state index is -0.579. The highest BCUT2D eigenvalue weighted by Gasteiger charge is 2.14. The van der Waals surface area contributed by atoms with Gasteiger partial charge < -0.3 is 4.43 Å². The van der Waals surface area contributed by atoms with E-state index in [1.54, 1.807) is 5.56 Å². The molecular weight excluding hydrogens is 248 g/mol. The van der Waals surface area contributed by atoms with Crippen LogP contribution in [0.4, 0.5) is 0 Å². The molecule has 0 aromatic heterocycles. The lowest BCUT2D eigenvalue weighted by Gasteiger charge is -2.20. The van der Waals surface area contributed by atoms with Crippen LogP contribution in [0, 0.1) is 5.92 Å². The maximum Gasteiger partial charge on any atom is 0.192 e. The van der Waals surface area contributed by atoms with Gasteiger partial charge in [-0.15, -0.1) is 0 Å². The summed E-state index contributed by atoms with van der Waals surface area (Å²) in [5, 5.41) is 1.50. The van der Waals surface area contributed by atoms with E-state index < -0.39 is 9.76 Å². The molecule has 19 heavy (non-hydrogen) atoms. The van der Waals surface area contributed by atoms with E-state index in [1.165, 1.54) is 17.2 Å². The number of hydrogen-bond acceptors (Lipinski definition) is 1. The summed E-state index contributed by atoms with van der Waals surface area (Å²) in [6, 6.07) is 6.77. The quantitative estimate of drug-likeness (QED) is 0.546. The van der Waals surface area contributed by atoms with Gasteiger partial charge in [0.05, 0.1) is 0 Å². The standard InChI is InChI=1S/C17H30OSi/c1-12(2)10-11-18-19-16-9-7-8-15(13(3)4)17(16)14(5)6/h7-9,12-14H,10-11,19H2,1-6H3. The molecule has 1 aromatic rings. The van der Waals surface area contributed by atoms with E-state index in [2.05, 4.69) is 59.7 Å². The zero-order valence-corrected chi connectivity index (χ0v) is 14.9. The first kappa shape index (κ1) is 16.5. The Labute approximate surface area is 121 Å². The second kappa shape index (κ2) is 7.86. The third kappa shape index (κ3) is 5.11. The van der Waals surface area contributed by atoms with Crippen molar-refractivity contribution in [2.45, 2.75) is 59.8 Å². The molecule has 0 amide bonds. The first-order chi connectivity index (χ1) is 8.93. The van der Waals surface area contributed by atoms with Crippen molar-refractivity contribution in [3.8, 4) is 0 Å². The van der Waals surface area contributed by atoms with Crippen molar-refractivity contribution in [1.82, 2.24) is 0 Å². The minimum Gasteiger partial charge on any atom is -0.419 e. The van der Waals surface area contributed by atoms with Crippen LogP contribution in [0.2, 0.25) is 0 Å². The molecule has 2 heteroatoms. The van der Waals surface area contributed by atoms with Gasteiger partial charge in [0, 0.05) is 6.61 Å². The first-order valence-corrected chi connectivity index (χ1v) is 8.91. The molecule has 1 nitrogen and oxygen atoms in total. The Kier molecular flexibility index (Phi) is 6.80. The van der Waals surface area contributed by atoms with Crippen molar-refractivity contribution in [1.29, 1.82) is 0 Å². The van der Waals surface area contributed by atoms with E-state index in [9.17, 15) is 0 Å². The summed E-state index contributed by atoms with van der Waals surface area (Å²) in [6.45, 7) is 14.6. The molecule has 0 aliphatic heterocycles. The van der Waals surface area contributed by atoms with Crippen LogP contribution in [0.15, 0.2) is 18.2 Å². The van der Waals surface area contributed by atoms with Crippen LogP contribution in [-0.4, -0.2) is 16.4 Å². The van der Waals surface area contributed by atoms with Gasteiger partial charge in [-0.1, -0.05) is 59.7 Å². The van der Waals surface area contributed by atoms with Gasteiger partial charge in [0.2, 0.25) is 0 Å². The summed E-state index contributed by atoms with van der Waals surface area (Å²) in [7, 11) is -0.579. The predicted molar refractivity (Wildman–Crippen MR) is 88.2 cm³/mol. The second-order valence-electron chi connectivity index (χ2n) is 6.46. The molecule has 0 heterocycles. The molecule has 0 fully saturated rings. The highest BCUT2D eigenvalue weighted by molar-refractivity contribution is 6.47. The zero-order valence-electron chi connectivity index (χ0n) is 13.5. The van der Waals surface area contributed by atoms with Gasteiger partial charge in [-0.3, -0.25) is 0 Å². The first-order valence-electron chi connectivity index (χ1n) is 7.62. The van der Waals surface area contributed by atoms with Gasteiger partial charge >= 0.3 is 0 Å². The summed E-state index contributed by atoms with van der Waals surface area (Å²) in [5.41, 5.74) is 3.06. The molecule has 0 saturated heterocycles. The highest BCUT2D eigenvalue weighted by Crippen LogP contribution is 2.24. The van der Waals surface area contributed by atoms with E-state index in [-0.39, 0.29) is 0 Å². The fourth-order valence-corrected chi connectivity index (χ4v) is 4.00. The fourth-order valence-electron chi connectivity index (χ4n) is 2.47. The van der Waals surface area contributed by atoms with Crippen molar-refractivity contribution in [3.63, 3.8) is 0 Å². The van der Waals surface area contributed by atoms with Gasteiger partial charge in [0.25, 0.3) is 0 Å². The van der Waals surface area contributed by atoms with Crippen LogP contribution in [-0.2, 0) is 4.43 Å². The monoisotopic (exact) mass is 278 g/mol. The molecule has 0 saturated carbocycles. The Morgan fingerprint density at radius 3 is 2.21 bits per heavy atom. The normalized spacial score (nSPS) is 12.5. The molecule has 0 N–H and O–H groups in total. The Bertz CT molecular complexity index is 383. The molecule has 108 valence electrons. The van der Waals surface area contributed by atoms with Gasteiger partial charge in [0.15, 0.2) is 9.76 Å². The molecule has 1 rings (SSSR count). The van der Waals surface area contributed by atoms with Crippen LogP contribution in [0.25, 0.3) is 0 Å². The SMILES string of the molecule is CC(C)CCO[SiH2]c1cccc(C(C)C)c1C(C)C. The van der Waals surface area contributed by atoms with Crippen molar-refractivity contribution in [2.24, 2.45) is 5.92 Å². The Morgan fingerprint density at radius 2 is 1.68 bits per heavy atom. The predicted octanol–water partition coefficient (Wildman–Crippen LogP) is 3.71. The minimum absolute atomic E-state index is 0.579. The highest BCUT2D eigenvalue weighted by atomic mass is 28.2. The summed E-state index contributed by atoms with van der Waals surface area (Å²) < 4.78 is 5.99. The lowest BCUT2D eigenvalue weighted by molar-refractivity contribution is 0.308. The molecular formula is C17H30OSi. The van der Waals surface area contributed by atoms with E-state index in [1.807, 2.05) is 0 Å². The van der Waals surface area contributed by atoms with Crippen molar-refractivity contribution >= 4 is 14.9 Å². The molecule has 0 aliphatic carbocycles.